The van der Waals surface area contributed by atoms with Gasteiger partial charge in [-0.05, 0) is 43.4 Å². The molecule has 3 aromatic rings. The Labute approximate surface area is 145 Å². The van der Waals surface area contributed by atoms with Gasteiger partial charge >= 0.3 is 0 Å². The summed E-state index contributed by atoms with van der Waals surface area (Å²) in [5.41, 5.74) is 1.47. The average Bonchev–Trinajstić information content (AvgIpc) is 3.22. The van der Waals surface area contributed by atoms with E-state index in [9.17, 15) is 0 Å². The number of nitrogens with zero attached hydrogens (tertiary/aromatic N) is 2. The zero-order chi connectivity index (χ0) is 16.5. The van der Waals surface area contributed by atoms with Gasteiger partial charge in [-0.15, -0.1) is 11.3 Å². The molecule has 2 N–H and O–H groups in total. The number of quaternary nitrogens is 1. The highest BCUT2D eigenvalue weighted by molar-refractivity contribution is 7.19. The Morgan fingerprint density at radius 1 is 1.29 bits per heavy atom. The van der Waals surface area contributed by atoms with Crippen molar-refractivity contribution in [2.45, 2.75) is 31.7 Å². The zero-order valence-electron chi connectivity index (χ0n) is 14.1. The van der Waals surface area contributed by atoms with Crippen molar-refractivity contribution < 1.29 is 9.32 Å². The molecule has 5 nitrogen and oxygen atoms in total. The molecule has 1 aliphatic rings. The Balaban J connectivity index is 1.63. The van der Waals surface area contributed by atoms with Gasteiger partial charge in [-0.25, -0.2) is 9.97 Å². The van der Waals surface area contributed by atoms with Gasteiger partial charge in [0.15, 0.2) is 11.8 Å². The Morgan fingerprint density at radius 3 is 2.96 bits per heavy atom. The van der Waals surface area contributed by atoms with E-state index in [1.807, 2.05) is 23.5 Å². The Bertz CT molecular complexity index is 825. The van der Waals surface area contributed by atoms with Crippen molar-refractivity contribution in [3.8, 4) is 0 Å². The van der Waals surface area contributed by atoms with Gasteiger partial charge in [-0.1, -0.05) is 0 Å². The van der Waals surface area contributed by atoms with Crippen LogP contribution in [0, 0.1) is 0 Å². The summed E-state index contributed by atoms with van der Waals surface area (Å²) in [6, 6.07) is 4.24. The van der Waals surface area contributed by atoms with Crippen LogP contribution in [0.2, 0.25) is 0 Å². The number of hydrogen-bond acceptors (Lipinski definition) is 5. The van der Waals surface area contributed by atoms with Crippen molar-refractivity contribution in [2.75, 3.05) is 26.0 Å². The topological polar surface area (TPSA) is 55.4 Å². The molecule has 3 heterocycles. The maximum atomic E-state index is 5.62. The number of rotatable bonds is 5. The predicted molar refractivity (Wildman–Crippen MR) is 96.8 cm³/mol. The molecule has 24 heavy (non-hydrogen) atoms. The quantitative estimate of drug-likeness (QED) is 0.747. The molecular weight excluding hydrogens is 320 g/mol. The third-order valence-electron chi connectivity index (χ3n) is 4.81. The van der Waals surface area contributed by atoms with Gasteiger partial charge < -0.3 is 14.6 Å². The lowest BCUT2D eigenvalue weighted by atomic mass is 9.97. The molecule has 0 saturated heterocycles. The number of thiophene rings is 1. The first-order valence-corrected chi connectivity index (χ1v) is 9.38. The zero-order valence-corrected chi connectivity index (χ0v) is 14.9. The molecule has 1 aliphatic carbocycles. The molecule has 126 valence electrons. The van der Waals surface area contributed by atoms with E-state index in [-0.39, 0.29) is 6.04 Å². The van der Waals surface area contributed by atoms with Gasteiger partial charge in [-0.3, -0.25) is 0 Å². The van der Waals surface area contributed by atoms with Gasteiger partial charge in [0, 0.05) is 4.88 Å². The predicted octanol–water partition coefficient (Wildman–Crippen LogP) is 2.46. The number of likely N-dealkylation sites (N-methyl/N-ethyl adjacent to an activating group) is 1. The Morgan fingerprint density at radius 2 is 2.17 bits per heavy atom. The van der Waals surface area contributed by atoms with Crippen LogP contribution in [0.5, 0.6) is 0 Å². The molecule has 0 bridgehead atoms. The Kier molecular flexibility index (Phi) is 4.24. The molecule has 3 aromatic heterocycles. The third kappa shape index (κ3) is 2.80. The van der Waals surface area contributed by atoms with E-state index >= 15 is 0 Å². The number of aryl methyl sites for hydroxylation is 2. The second-order valence-corrected chi connectivity index (χ2v) is 7.72. The summed E-state index contributed by atoms with van der Waals surface area (Å²) in [5, 5.41) is 4.81. The molecule has 0 fully saturated rings. The van der Waals surface area contributed by atoms with Crippen molar-refractivity contribution in [3.63, 3.8) is 0 Å². The van der Waals surface area contributed by atoms with E-state index in [1.165, 1.54) is 40.0 Å². The van der Waals surface area contributed by atoms with Crippen molar-refractivity contribution >= 4 is 27.4 Å². The largest absolute Gasteiger partial charge is 0.463 e. The highest BCUT2D eigenvalue weighted by Gasteiger charge is 2.23. The summed E-state index contributed by atoms with van der Waals surface area (Å²) in [6.07, 6.45) is 8.32. The number of nitrogens with one attached hydrogen (secondary N) is 2. The van der Waals surface area contributed by atoms with Gasteiger partial charge in [0.05, 0.1) is 32.3 Å². The van der Waals surface area contributed by atoms with Gasteiger partial charge in [-0.2, -0.15) is 0 Å². The number of fused-ring (bicyclic) bond motifs is 3. The minimum absolute atomic E-state index is 0.250. The molecule has 0 radical (unpaired) electrons. The van der Waals surface area contributed by atoms with Crippen LogP contribution in [0.15, 0.2) is 29.1 Å². The molecule has 0 unspecified atom stereocenters. The molecule has 1 atom stereocenters. The maximum absolute atomic E-state index is 5.62. The van der Waals surface area contributed by atoms with Crippen LogP contribution in [-0.4, -0.2) is 30.6 Å². The smallest absolute Gasteiger partial charge is 0.163 e. The Hall–Kier alpha value is -1.92. The molecule has 6 heteroatoms. The second-order valence-electron chi connectivity index (χ2n) is 6.64. The number of aromatic nitrogens is 2. The molecule has 0 amide bonds. The minimum Gasteiger partial charge on any atom is -0.463 e. The van der Waals surface area contributed by atoms with Gasteiger partial charge in [0.2, 0.25) is 0 Å². The summed E-state index contributed by atoms with van der Waals surface area (Å²) < 4.78 is 5.62. The molecule has 4 rings (SSSR count). The summed E-state index contributed by atoms with van der Waals surface area (Å²) >= 11 is 1.84. The van der Waals surface area contributed by atoms with Gasteiger partial charge in [0.25, 0.3) is 0 Å². The first-order chi connectivity index (χ1) is 11.7. The number of hydrogen-bond donors (Lipinski definition) is 2. The van der Waals surface area contributed by atoms with E-state index in [1.54, 1.807) is 12.6 Å². The van der Waals surface area contributed by atoms with Crippen molar-refractivity contribution in [1.82, 2.24) is 9.97 Å². The van der Waals surface area contributed by atoms with Crippen molar-refractivity contribution in [3.05, 3.63) is 40.9 Å². The lowest BCUT2D eigenvalue weighted by Gasteiger charge is -2.20. The lowest BCUT2D eigenvalue weighted by Crippen LogP contribution is -3.06. The van der Waals surface area contributed by atoms with Crippen LogP contribution in [0.25, 0.3) is 10.2 Å². The fraction of sp³-hybridized carbons (Fsp3) is 0.444. The fourth-order valence-corrected chi connectivity index (χ4v) is 4.73. The lowest BCUT2D eigenvalue weighted by molar-refractivity contribution is -0.891. The molecule has 0 saturated carbocycles. The van der Waals surface area contributed by atoms with Crippen LogP contribution in [0.4, 0.5) is 5.82 Å². The molecule has 0 aromatic carbocycles. The van der Waals surface area contributed by atoms with Crippen molar-refractivity contribution in [2.24, 2.45) is 0 Å². The monoisotopic (exact) mass is 343 g/mol. The first kappa shape index (κ1) is 15.6. The van der Waals surface area contributed by atoms with Crippen molar-refractivity contribution in [1.29, 1.82) is 0 Å². The van der Waals surface area contributed by atoms with Crippen LogP contribution >= 0.6 is 11.3 Å². The number of furan rings is 1. The van der Waals surface area contributed by atoms with E-state index < -0.39 is 0 Å². The second kappa shape index (κ2) is 6.53. The summed E-state index contributed by atoms with van der Waals surface area (Å²) in [5.74, 6) is 1.97. The molecule has 0 spiro atoms. The SMILES string of the molecule is C[NH+](C)[C@@H](CNc1ncnc2sc3c(c12)CCCC3)c1ccco1. The normalized spacial score (nSPS) is 15.6. The first-order valence-electron chi connectivity index (χ1n) is 8.56. The minimum atomic E-state index is 0.250. The highest BCUT2D eigenvalue weighted by Crippen LogP contribution is 2.38. The third-order valence-corrected chi connectivity index (χ3v) is 6.01. The fourth-order valence-electron chi connectivity index (χ4n) is 3.50. The van der Waals surface area contributed by atoms with E-state index in [4.69, 9.17) is 4.42 Å². The highest BCUT2D eigenvalue weighted by atomic mass is 32.1. The standard InChI is InChI=1S/C18H22N4OS/c1-22(2)13(14-7-5-9-23-14)10-19-17-16-12-6-3-4-8-15(12)24-18(16)21-11-20-17/h5,7,9,11,13H,3-4,6,8,10H2,1-2H3,(H,19,20,21)/p+1/t13-/m0/s1. The summed E-state index contributed by atoms with van der Waals surface area (Å²) in [7, 11) is 4.30. The average molecular weight is 343 g/mol. The van der Waals surface area contributed by atoms with E-state index in [0.29, 0.717) is 0 Å². The summed E-state index contributed by atoms with van der Waals surface area (Å²) in [4.78, 5) is 13.0. The van der Waals surface area contributed by atoms with Crippen LogP contribution < -0.4 is 10.2 Å². The molecular formula is C18H23N4OS+. The number of anilines is 1. The molecule has 0 aliphatic heterocycles. The maximum Gasteiger partial charge on any atom is 0.163 e. The summed E-state index contributed by atoms with van der Waals surface area (Å²) in [6.45, 7) is 0.784. The van der Waals surface area contributed by atoms with Crippen LogP contribution in [-0.2, 0) is 12.8 Å². The van der Waals surface area contributed by atoms with Crippen LogP contribution in [0.3, 0.4) is 0 Å². The van der Waals surface area contributed by atoms with Gasteiger partial charge in [0.1, 0.15) is 17.0 Å². The van der Waals surface area contributed by atoms with E-state index in [2.05, 4.69) is 29.4 Å². The van der Waals surface area contributed by atoms with E-state index in [0.717, 1.165) is 29.4 Å². The van der Waals surface area contributed by atoms with Crippen LogP contribution in [0.1, 0.15) is 35.1 Å².